The second kappa shape index (κ2) is 10.5. The maximum absolute atomic E-state index is 12.5. The molecule has 2 aromatic rings. The predicted molar refractivity (Wildman–Crippen MR) is 112 cm³/mol. The lowest BCUT2D eigenvalue weighted by molar-refractivity contribution is 0.0698. The number of rotatable bonds is 8. The van der Waals surface area contributed by atoms with Gasteiger partial charge in [0.05, 0.1) is 12.3 Å². The summed E-state index contributed by atoms with van der Waals surface area (Å²) in [5, 5.41) is 20.7. The Bertz CT molecular complexity index is 949. The molecule has 0 aliphatic rings. The number of aliphatic hydroxyl groups is 1. The third-order valence-electron chi connectivity index (χ3n) is 3.98. The number of thiazole rings is 1. The van der Waals surface area contributed by atoms with Gasteiger partial charge in [-0.2, -0.15) is 4.99 Å². The van der Waals surface area contributed by atoms with E-state index in [1.165, 1.54) is 24.3 Å². The Kier molecular flexibility index (Phi) is 8.01. The standard InChI is InChI=1S/C19H23N5O5S/c1-3-8-24(9-10-25)16(27)13-6-4-12(5-7-13)15(26)22-18(20)23-19-21-11(2)14(30-19)17(28)29/h4-7,25H,3,8-10H2,1-2H3,(H,28,29)(H3,20,21,22,23,26). The van der Waals surface area contributed by atoms with Crippen molar-refractivity contribution in [3.8, 4) is 0 Å². The first-order chi connectivity index (χ1) is 14.3. The zero-order chi connectivity index (χ0) is 22.3. The highest BCUT2D eigenvalue weighted by molar-refractivity contribution is 7.17. The summed E-state index contributed by atoms with van der Waals surface area (Å²) in [6.45, 7) is 4.11. The van der Waals surface area contributed by atoms with Crippen LogP contribution in [-0.2, 0) is 0 Å². The van der Waals surface area contributed by atoms with E-state index in [4.69, 9.17) is 15.9 Å². The van der Waals surface area contributed by atoms with E-state index in [1.54, 1.807) is 11.8 Å². The lowest BCUT2D eigenvalue weighted by Gasteiger charge is -2.21. The highest BCUT2D eigenvalue weighted by atomic mass is 32.1. The quantitative estimate of drug-likeness (QED) is 0.361. The van der Waals surface area contributed by atoms with E-state index in [-0.39, 0.29) is 40.6 Å². The molecular formula is C19H23N5O5S. The first-order valence-corrected chi connectivity index (χ1v) is 9.94. The molecule has 1 aromatic heterocycles. The lowest BCUT2D eigenvalue weighted by Crippen LogP contribution is -2.36. The number of carboxylic acid groups (broad SMARTS) is 1. The Morgan fingerprint density at radius 3 is 2.37 bits per heavy atom. The van der Waals surface area contributed by atoms with E-state index in [1.807, 2.05) is 6.92 Å². The number of nitrogens with one attached hydrogen (secondary N) is 1. The number of nitrogens with two attached hydrogens (primary N) is 1. The van der Waals surface area contributed by atoms with E-state index in [0.717, 1.165) is 17.8 Å². The van der Waals surface area contributed by atoms with Gasteiger partial charge in [-0.1, -0.05) is 18.3 Å². The Labute approximate surface area is 177 Å². The van der Waals surface area contributed by atoms with E-state index in [2.05, 4.69) is 15.3 Å². The number of nitrogens with zero attached hydrogens (tertiary/aromatic N) is 3. The highest BCUT2D eigenvalue weighted by Crippen LogP contribution is 2.24. The summed E-state index contributed by atoms with van der Waals surface area (Å²) in [5.41, 5.74) is 6.68. The summed E-state index contributed by atoms with van der Waals surface area (Å²) in [7, 11) is 0. The van der Waals surface area contributed by atoms with Crippen molar-refractivity contribution in [3.05, 3.63) is 46.0 Å². The van der Waals surface area contributed by atoms with E-state index < -0.39 is 11.9 Å². The minimum absolute atomic E-state index is 0.0476. The Morgan fingerprint density at radius 2 is 1.83 bits per heavy atom. The summed E-state index contributed by atoms with van der Waals surface area (Å²) >= 11 is 0.845. The maximum atomic E-state index is 12.5. The Hall–Kier alpha value is -3.31. The van der Waals surface area contributed by atoms with E-state index >= 15 is 0 Å². The Balaban J connectivity index is 2.07. The van der Waals surface area contributed by atoms with Crippen LogP contribution in [-0.4, -0.2) is 63.5 Å². The molecule has 0 aliphatic carbocycles. The van der Waals surface area contributed by atoms with Crippen LogP contribution in [0, 0.1) is 6.92 Å². The SMILES string of the molecule is CCCN(CCO)C(=O)c1ccc(C(=O)N/C(N)=N\c2nc(C)c(C(=O)O)s2)cc1. The van der Waals surface area contributed by atoms with Crippen LogP contribution in [0.4, 0.5) is 5.13 Å². The van der Waals surface area contributed by atoms with E-state index in [0.29, 0.717) is 17.8 Å². The molecule has 0 bridgehead atoms. The summed E-state index contributed by atoms with van der Waals surface area (Å²) in [6.07, 6.45) is 0.761. The van der Waals surface area contributed by atoms with Crippen molar-refractivity contribution in [3.63, 3.8) is 0 Å². The molecule has 0 unspecified atom stereocenters. The highest BCUT2D eigenvalue weighted by Gasteiger charge is 2.16. The van der Waals surface area contributed by atoms with Gasteiger partial charge in [0.25, 0.3) is 11.8 Å². The molecule has 11 heteroatoms. The number of carboxylic acids is 1. The van der Waals surface area contributed by atoms with Gasteiger partial charge < -0.3 is 20.8 Å². The molecule has 0 atom stereocenters. The maximum Gasteiger partial charge on any atom is 0.347 e. The van der Waals surface area contributed by atoms with Crippen molar-refractivity contribution in [2.24, 2.45) is 10.7 Å². The fourth-order valence-corrected chi connectivity index (χ4v) is 3.39. The van der Waals surface area contributed by atoms with Crippen LogP contribution in [0.2, 0.25) is 0 Å². The molecule has 30 heavy (non-hydrogen) atoms. The van der Waals surface area contributed by atoms with Crippen molar-refractivity contribution in [1.82, 2.24) is 15.2 Å². The smallest absolute Gasteiger partial charge is 0.347 e. The number of carbonyl (C=O) groups is 3. The van der Waals surface area contributed by atoms with Crippen molar-refractivity contribution in [2.45, 2.75) is 20.3 Å². The van der Waals surface area contributed by atoms with Gasteiger partial charge in [-0.15, -0.1) is 0 Å². The number of aliphatic imine (C=N–C) groups is 1. The topological polar surface area (TPSA) is 158 Å². The number of aliphatic hydroxyl groups excluding tert-OH is 1. The average molecular weight is 433 g/mol. The molecule has 1 aromatic carbocycles. The summed E-state index contributed by atoms with van der Waals surface area (Å²) < 4.78 is 0. The zero-order valence-corrected chi connectivity index (χ0v) is 17.4. The fourth-order valence-electron chi connectivity index (χ4n) is 2.60. The largest absolute Gasteiger partial charge is 0.477 e. The molecule has 0 saturated carbocycles. The van der Waals surface area contributed by atoms with Gasteiger partial charge in [-0.3, -0.25) is 14.9 Å². The molecule has 5 N–H and O–H groups in total. The summed E-state index contributed by atoms with van der Waals surface area (Å²) in [5.74, 6) is -2.11. The third-order valence-corrected chi connectivity index (χ3v) is 5.02. The molecule has 0 radical (unpaired) electrons. The van der Waals surface area contributed by atoms with E-state index in [9.17, 15) is 14.4 Å². The summed E-state index contributed by atoms with van der Waals surface area (Å²) in [4.78, 5) is 45.4. The van der Waals surface area contributed by atoms with Gasteiger partial charge in [-0.25, -0.2) is 9.78 Å². The molecule has 1 heterocycles. The third kappa shape index (κ3) is 5.84. The predicted octanol–water partition coefficient (Wildman–Crippen LogP) is 1.37. The molecule has 10 nitrogen and oxygen atoms in total. The second-order valence-corrected chi connectivity index (χ2v) is 7.24. The van der Waals surface area contributed by atoms with Crippen molar-refractivity contribution >= 4 is 40.2 Å². The van der Waals surface area contributed by atoms with Crippen LogP contribution in [0.1, 0.15) is 49.4 Å². The molecule has 0 saturated heterocycles. The molecule has 2 amide bonds. The number of guanidine groups is 1. The van der Waals surface area contributed by atoms with Crippen molar-refractivity contribution in [2.75, 3.05) is 19.7 Å². The number of aryl methyl sites for hydroxylation is 1. The van der Waals surface area contributed by atoms with Gasteiger partial charge in [0, 0.05) is 24.2 Å². The zero-order valence-electron chi connectivity index (χ0n) is 16.6. The van der Waals surface area contributed by atoms with Crippen LogP contribution in [0.5, 0.6) is 0 Å². The lowest BCUT2D eigenvalue weighted by atomic mass is 10.1. The van der Waals surface area contributed by atoms with Crippen LogP contribution < -0.4 is 11.1 Å². The number of hydrogen-bond donors (Lipinski definition) is 4. The minimum Gasteiger partial charge on any atom is -0.477 e. The minimum atomic E-state index is -1.11. The van der Waals surface area contributed by atoms with Gasteiger partial charge >= 0.3 is 5.97 Å². The number of carbonyl (C=O) groups excluding carboxylic acids is 2. The van der Waals surface area contributed by atoms with Gasteiger partial charge in [0.2, 0.25) is 11.1 Å². The molecule has 2 rings (SSSR count). The van der Waals surface area contributed by atoms with Gasteiger partial charge in [0.15, 0.2) is 0 Å². The van der Waals surface area contributed by atoms with Crippen LogP contribution in [0.15, 0.2) is 29.3 Å². The normalized spacial score (nSPS) is 11.2. The Morgan fingerprint density at radius 1 is 1.20 bits per heavy atom. The second-order valence-electron chi connectivity index (χ2n) is 6.26. The number of benzene rings is 1. The first-order valence-electron chi connectivity index (χ1n) is 9.13. The molecule has 0 fully saturated rings. The number of hydrogen-bond acceptors (Lipinski definition) is 7. The summed E-state index contributed by atoms with van der Waals surface area (Å²) in [6, 6.07) is 6.01. The number of aromatic carboxylic acids is 1. The molecule has 0 aliphatic heterocycles. The van der Waals surface area contributed by atoms with Gasteiger partial charge in [0.1, 0.15) is 4.88 Å². The van der Waals surface area contributed by atoms with Crippen LogP contribution in [0.3, 0.4) is 0 Å². The number of amides is 2. The van der Waals surface area contributed by atoms with Crippen molar-refractivity contribution < 1.29 is 24.6 Å². The monoisotopic (exact) mass is 433 g/mol. The molecule has 0 spiro atoms. The molecule has 160 valence electrons. The van der Waals surface area contributed by atoms with Gasteiger partial charge in [-0.05, 0) is 37.6 Å². The molecular weight excluding hydrogens is 410 g/mol. The first kappa shape index (κ1) is 23.0. The van der Waals surface area contributed by atoms with Crippen LogP contribution in [0.25, 0.3) is 0 Å². The number of aromatic nitrogens is 1. The van der Waals surface area contributed by atoms with Crippen LogP contribution >= 0.6 is 11.3 Å². The average Bonchev–Trinajstić information content (AvgIpc) is 3.07. The van der Waals surface area contributed by atoms with Crippen molar-refractivity contribution in [1.29, 1.82) is 0 Å². The fraction of sp³-hybridized carbons (Fsp3) is 0.316.